The molecule has 0 N–H and O–H groups in total. The van der Waals surface area contributed by atoms with Gasteiger partial charge in [-0.3, -0.25) is 9.97 Å². The molecule has 0 aliphatic rings. The van der Waals surface area contributed by atoms with E-state index in [4.69, 9.17) is 9.47 Å². The van der Waals surface area contributed by atoms with Crippen molar-refractivity contribution >= 4 is 15.9 Å². The number of nitrogens with zero attached hydrogens (tertiary/aromatic N) is 2. The molecule has 0 spiro atoms. The summed E-state index contributed by atoms with van der Waals surface area (Å²) in [5.41, 5.74) is 1.73. The first-order valence-electron chi connectivity index (χ1n) is 5.42. The Morgan fingerprint density at radius 2 is 2.00 bits per heavy atom. The minimum Gasteiger partial charge on any atom is -0.497 e. The van der Waals surface area contributed by atoms with Crippen molar-refractivity contribution in [3.63, 3.8) is 0 Å². The molecular weight excluding hydrogens is 296 g/mol. The number of hydrogen-bond donors (Lipinski definition) is 0. The molecule has 5 heteroatoms. The van der Waals surface area contributed by atoms with Crippen LogP contribution in [-0.4, -0.2) is 17.1 Å². The first-order valence-corrected chi connectivity index (χ1v) is 6.21. The lowest BCUT2D eigenvalue weighted by molar-refractivity contribution is 0.298. The SMILES string of the molecule is COc1cc(C)nc(COc2cncc(Br)c2)c1. The molecule has 0 unspecified atom stereocenters. The first-order chi connectivity index (χ1) is 8.67. The van der Waals surface area contributed by atoms with Gasteiger partial charge in [0, 0.05) is 28.5 Å². The number of aromatic nitrogens is 2. The molecule has 18 heavy (non-hydrogen) atoms. The van der Waals surface area contributed by atoms with E-state index in [1.165, 1.54) is 0 Å². The third-order valence-corrected chi connectivity index (χ3v) is 2.72. The van der Waals surface area contributed by atoms with Crippen molar-refractivity contribution in [2.75, 3.05) is 7.11 Å². The third-order valence-electron chi connectivity index (χ3n) is 2.28. The highest BCUT2D eigenvalue weighted by Gasteiger charge is 2.02. The van der Waals surface area contributed by atoms with E-state index in [1.807, 2.05) is 25.1 Å². The maximum absolute atomic E-state index is 5.62. The van der Waals surface area contributed by atoms with E-state index < -0.39 is 0 Å². The van der Waals surface area contributed by atoms with Crippen LogP contribution in [0, 0.1) is 6.92 Å². The number of methoxy groups -OCH3 is 1. The standard InChI is InChI=1S/C13H13BrN2O2/c1-9-3-12(17-2)5-11(16-9)8-18-13-4-10(14)6-15-7-13/h3-7H,8H2,1-2H3. The molecule has 0 amide bonds. The highest BCUT2D eigenvalue weighted by atomic mass is 79.9. The molecule has 0 aliphatic heterocycles. The number of hydrogen-bond acceptors (Lipinski definition) is 4. The molecular formula is C13H13BrN2O2. The van der Waals surface area contributed by atoms with Gasteiger partial charge in [-0.1, -0.05) is 0 Å². The van der Waals surface area contributed by atoms with Crippen molar-refractivity contribution in [1.82, 2.24) is 9.97 Å². The van der Waals surface area contributed by atoms with Gasteiger partial charge in [-0.25, -0.2) is 0 Å². The maximum atomic E-state index is 5.62. The average Bonchev–Trinajstić information content (AvgIpc) is 2.36. The Kier molecular flexibility index (Phi) is 4.15. The van der Waals surface area contributed by atoms with Gasteiger partial charge in [-0.15, -0.1) is 0 Å². The fraction of sp³-hybridized carbons (Fsp3) is 0.231. The van der Waals surface area contributed by atoms with E-state index in [-0.39, 0.29) is 0 Å². The van der Waals surface area contributed by atoms with E-state index in [0.29, 0.717) is 12.4 Å². The van der Waals surface area contributed by atoms with Gasteiger partial charge in [0.05, 0.1) is 19.0 Å². The molecule has 2 aromatic heterocycles. The van der Waals surface area contributed by atoms with Crippen LogP contribution in [0.2, 0.25) is 0 Å². The second kappa shape index (κ2) is 5.82. The fourth-order valence-corrected chi connectivity index (χ4v) is 1.87. The molecule has 0 aromatic carbocycles. The smallest absolute Gasteiger partial charge is 0.139 e. The van der Waals surface area contributed by atoms with Crippen molar-refractivity contribution in [2.45, 2.75) is 13.5 Å². The molecule has 0 aliphatic carbocycles. The summed E-state index contributed by atoms with van der Waals surface area (Å²) < 4.78 is 11.7. The predicted octanol–water partition coefficient (Wildman–Crippen LogP) is 3.14. The fourth-order valence-electron chi connectivity index (χ4n) is 1.52. The maximum Gasteiger partial charge on any atom is 0.139 e. The zero-order valence-electron chi connectivity index (χ0n) is 10.2. The van der Waals surface area contributed by atoms with Crippen LogP contribution >= 0.6 is 15.9 Å². The summed E-state index contributed by atoms with van der Waals surface area (Å²) in [5, 5.41) is 0. The van der Waals surface area contributed by atoms with Crippen LogP contribution < -0.4 is 9.47 Å². The Morgan fingerprint density at radius 1 is 1.17 bits per heavy atom. The van der Waals surface area contributed by atoms with Gasteiger partial charge in [0.25, 0.3) is 0 Å². The Labute approximate surface area is 114 Å². The van der Waals surface area contributed by atoms with Crippen LogP contribution in [0.3, 0.4) is 0 Å². The van der Waals surface area contributed by atoms with Gasteiger partial charge in [-0.2, -0.15) is 0 Å². The van der Waals surface area contributed by atoms with Gasteiger partial charge in [-0.05, 0) is 28.9 Å². The lowest BCUT2D eigenvalue weighted by atomic mass is 10.3. The number of pyridine rings is 2. The lowest BCUT2D eigenvalue weighted by Crippen LogP contribution is -2.00. The molecule has 0 radical (unpaired) electrons. The summed E-state index contributed by atoms with van der Waals surface area (Å²) in [7, 11) is 1.64. The van der Waals surface area contributed by atoms with Gasteiger partial charge in [0.15, 0.2) is 0 Å². The van der Waals surface area contributed by atoms with Crippen molar-refractivity contribution in [3.05, 3.63) is 46.5 Å². The quantitative estimate of drug-likeness (QED) is 0.870. The topological polar surface area (TPSA) is 44.2 Å². The summed E-state index contributed by atoms with van der Waals surface area (Å²) in [6, 6.07) is 5.60. The van der Waals surface area contributed by atoms with E-state index in [9.17, 15) is 0 Å². The van der Waals surface area contributed by atoms with Crippen molar-refractivity contribution in [2.24, 2.45) is 0 Å². The van der Waals surface area contributed by atoms with Gasteiger partial charge >= 0.3 is 0 Å². The molecule has 94 valence electrons. The van der Waals surface area contributed by atoms with Crippen LogP contribution in [0.5, 0.6) is 11.5 Å². The number of aryl methyl sites for hydroxylation is 1. The van der Waals surface area contributed by atoms with Crippen LogP contribution in [0.1, 0.15) is 11.4 Å². The zero-order valence-corrected chi connectivity index (χ0v) is 11.8. The molecule has 0 atom stereocenters. The highest BCUT2D eigenvalue weighted by molar-refractivity contribution is 9.10. The van der Waals surface area contributed by atoms with Crippen LogP contribution in [-0.2, 0) is 6.61 Å². The predicted molar refractivity (Wildman–Crippen MR) is 71.8 cm³/mol. The minimum atomic E-state index is 0.385. The monoisotopic (exact) mass is 308 g/mol. The summed E-state index contributed by atoms with van der Waals surface area (Å²) in [4.78, 5) is 8.41. The Hall–Kier alpha value is -1.62. The second-order valence-electron chi connectivity index (χ2n) is 3.77. The summed E-state index contributed by atoms with van der Waals surface area (Å²) >= 11 is 3.34. The molecule has 0 bridgehead atoms. The van der Waals surface area contributed by atoms with Gasteiger partial charge in [0.2, 0.25) is 0 Å². The molecule has 0 saturated carbocycles. The number of halogens is 1. The van der Waals surface area contributed by atoms with Crippen LogP contribution in [0.4, 0.5) is 0 Å². The molecule has 0 fully saturated rings. The number of rotatable bonds is 4. The molecule has 2 heterocycles. The molecule has 2 rings (SSSR count). The summed E-state index contributed by atoms with van der Waals surface area (Å²) in [5.74, 6) is 1.49. The largest absolute Gasteiger partial charge is 0.497 e. The lowest BCUT2D eigenvalue weighted by Gasteiger charge is -2.08. The second-order valence-corrected chi connectivity index (χ2v) is 4.68. The van der Waals surface area contributed by atoms with Crippen LogP contribution in [0.25, 0.3) is 0 Å². The van der Waals surface area contributed by atoms with E-state index in [2.05, 4.69) is 25.9 Å². The Morgan fingerprint density at radius 3 is 2.72 bits per heavy atom. The molecule has 4 nitrogen and oxygen atoms in total. The minimum absolute atomic E-state index is 0.385. The summed E-state index contributed by atoms with van der Waals surface area (Å²) in [6.07, 6.45) is 3.37. The molecule has 0 saturated heterocycles. The third kappa shape index (κ3) is 3.43. The average molecular weight is 309 g/mol. The van der Waals surface area contributed by atoms with Crippen molar-refractivity contribution in [3.8, 4) is 11.5 Å². The van der Waals surface area contributed by atoms with E-state index >= 15 is 0 Å². The molecule has 2 aromatic rings. The summed E-state index contributed by atoms with van der Waals surface area (Å²) in [6.45, 7) is 2.31. The normalized spacial score (nSPS) is 10.2. The Balaban J connectivity index is 2.08. The number of ether oxygens (including phenoxy) is 2. The van der Waals surface area contributed by atoms with Gasteiger partial charge < -0.3 is 9.47 Å². The van der Waals surface area contributed by atoms with Gasteiger partial charge in [0.1, 0.15) is 18.1 Å². The van der Waals surface area contributed by atoms with Crippen LogP contribution in [0.15, 0.2) is 35.1 Å². The van der Waals surface area contributed by atoms with E-state index in [1.54, 1.807) is 19.5 Å². The zero-order chi connectivity index (χ0) is 13.0. The Bertz CT molecular complexity index is 546. The van der Waals surface area contributed by atoms with Crippen molar-refractivity contribution < 1.29 is 9.47 Å². The first kappa shape index (κ1) is 12.8. The van der Waals surface area contributed by atoms with E-state index in [0.717, 1.165) is 21.6 Å². The van der Waals surface area contributed by atoms with Crippen molar-refractivity contribution in [1.29, 1.82) is 0 Å². The highest BCUT2D eigenvalue weighted by Crippen LogP contribution is 2.18.